The lowest BCUT2D eigenvalue weighted by molar-refractivity contribution is 0.768. The average molecular weight is 868 g/mol. The van der Waals surface area contributed by atoms with Gasteiger partial charge in [0.05, 0.1) is 27.8 Å². The van der Waals surface area contributed by atoms with Gasteiger partial charge in [0.2, 0.25) is 0 Å². The molecule has 0 saturated carbocycles. The van der Waals surface area contributed by atoms with Crippen LogP contribution in [-0.2, 0) is 5.41 Å². The third-order valence-electron chi connectivity index (χ3n) is 14.0. The van der Waals surface area contributed by atoms with Crippen LogP contribution in [0.2, 0.25) is 0 Å². The van der Waals surface area contributed by atoms with Gasteiger partial charge < -0.3 is 14.4 Å². The van der Waals surface area contributed by atoms with E-state index in [1.807, 2.05) is 0 Å². The molecular formula is C65H45N3. The van der Waals surface area contributed by atoms with Crippen molar-refractivity contribution in [2.24, 2.45) is 0 Å². The van der Waals surface area contributed by atoms with E-state index in [-0.39, 0.29) is 0 Å². The van der Waals surface area contributed by atoms with Gasteiger partial charge in [-0.15, -0.1) is 0 Å². The Kier molecular flexibility index (Phi) is 9.40. The summed E-state index contributed by atoms with van der Waals surface area (Å²) in [5, 5.41) is 4.79. The van der Waals surface area contributed by atoms with E-state index in [0.717, 1.165) is 50.8 Å². The van der Waals surface area contributed by atoms with Crippen molar-refractivity contribution in [3.05, 3.63) is 295 Å². The van der Waals surface area contributed by atoms with Crippen molar-refractivity contribution in [3.8, 4) is 16.8 Å². The predicted octanol–water partition coefficient (Wildman–Crippen LogP) is 17.2. The second-order valence-corrected chi connectivity index (χ2v) is 17.7. The number of hydrogen-bond donors (Lipinski definition) is 0. The minimum absolute atomic E-state index is 0.497. The largest absolute Gasteiger partial charge is 0.310 e. The van der Waals surface area contributed by atoms with E-state index < -0.39 is 5.41 Å². The van der Waals surface area contributed by atoms with Gasteiger partial charge in [-0.3, -0.25) is 0 Å². The highest BCUT2D eigenvalue weighted by Gasteiger charge is 2.46. The lowest BCUT2D eigenvalue weighted by Gasteiger charge is -2.34. The predicted molar refractivity (Wildman–Crippen MR) is 285 cm³/mol. The van der Waals surface area contributed by atoms with Crippen LogP contribution in [0.3, 0.4) is 0 Å². The van der Waals surface area contributed by atoms with E-state index >= 15 is 0 Å². The molecule has 1 aromatic heterocycles. The Bertz CT molecular complexity index is 3710. The number of aromatic nitrogens is 1. The van der Waals surface area contributed by atoms with Crippen LogP contribution in [0.1, 0.15) is 22.3 Å². The van der Waals surface area contributed by atoms with Gasteiger partial charge in [0, 0.05) is 39.2 Å². The Morgan fingerprint density at radius 3 is 1.50 bits per heavy atom. The maximum atomic E-state index is 2.47. The van der Waals surface area contributed by atoms with Crippen LogP contribution in [0.15, 0.2) is 273 Å². The van der Waals surface area contributed by atoms with E-state index in [9.17, 15) is 0 Å². The molecular weight excluding hydrogens is 823 g/mol. The SMILES string of the molecule is c1ccc(N(c2ccc3c(c2)-c2ccccc2C3(c2ccccc2)c2ccccc2)c2cc(N(c3ccccc3)c3ccccc3)c3c4ccccc4n(-c4ccc5ccccc5c4)c3c2)cc1. The van der Waals surface area contributed by atoms with Crippen LogP contribution in [0.25, 0.3) is 49.4 Å². The van der Waals surface area contributed by atoms with Crippen molar-refractivity contribution < 1.29 is 0 Å². The van der Waals surface area contributed by atoms with Gasteiger partial charge in [-0.05, 0) is 123 Å². The highest BCUT2D eigenvalue weighted by atomic mass is 15.2. The van der Waals surface area contributed by atoms with Crippen molar-refractivity contribution >= 4 is 66.7 Å². The standard InChI is InChI=1S/C65H45N3/c1-6-24-48(25-7-1)65(49-26-8-2-9-27-49)59-36-20-18-34-56(59)58-43-54(40-41-60(58)65)66(50-28-10-3-11-29-50)55-44-62(67(51-30-12-4-13-31-51)52-32-14-5-15-33-52)64-57-35-19-21-37-61(57)68(63(64)45-55)53-39-38-46-22-16-17-23-47(46)42-53/h1-45H. The van der Waals surface area contributed by atoms with Crippen LogP contribution in [0.5, 0.6) is 0 Å². The quantitative estimate of drug-likeness (QED) is 0.143. The van der Waals surface area contributed by atoms with Crippen LogP contribution < -0.4 is 9.80 Å². The van der Waals surface area contributed by atoms with E-state index in [1.54, 1.807) is 0 Å². The van der Waals surface area contributed by atoms with Crippen molar-refractivity contribution in [1.82, 2.24) is 4.57 Å². The van der Waals surface area contributed by atoms with Gasteiger partial charge >= 0.3 is 0 Å². The fourth-order valence-corrected chi connectivity index (χ4v) is 11.1. The van der Waals surface area contributed by atoms with Crippen molar-refractivity contribution in [2.45, 2.75) is 5.41 Å². The number of hydrogen-bond acceptors (Lipinski definition) is 2. The molecule has 0 spiro atoms. The Morgan fingerprint density at radius 2 is 0.838 bits per heavy atom. The molecule has 13 rings (SSSR count). The zero-order valence-corrected chi connectivity index (χ0v) is 37.3. The molecule has 68 heavy (non-hydrogen) atoms. The molecule has 3 nitrogen and oxygen atoms in total. The lowest BCUT2D eigenvalue weighted by Crippen LogP contribution is -2.28. The maximum Gasteiger partial charge on any atom is 0.0713 e. The fraction of sp³-hybridized carbons (Fsp3) is 0.0154. The zero-order chi connectivity index (χ0) is 45.0. The summed E-state index contributed by atoms with van der Waals surface area (Å²) >= 11 is 0. The first-order valence-electron chi connectivity index (χ1n) is 23.4. The smallest absolute Gasteiger partial charge is 0.0713 e. The van der Waals surface area contributed by atoms with Gasteiger partial charge in [-0.2, -0.15) is 0 Å². The second kappa shape index (κ2) is 16.2. The van der Waals surface area contributed by atoms with Gasteiger partial charge in [0.25, 0.3) is 0 Å². The summed E-state index contributed by atoms with van der Waals surface area (Å²) in [4.78, 5) is 4.88. The van der Waals surface area contributed by atoms with Gasteiger partial charge in [-0.1, -0.05) is 194 Å². The third kappa shape index (κ3) is 6.21. The summed E-state index contributed by atoms with van der Waals surface area (Å²) in [5.41, 5.74) is 16.9. The molecule has 0 unspecified atom stereocenters. The molecule has 1 heterocycles. The number of para-hydroxylation sites is 4. The third-order valence-corrected chi connectivity index (χ3v) is 14.0. The summed E-state index contributed by atoms with van der Waals surface area (Å²) in [6.07, 6.45) is 0. The van der Waals surface area contributed by atoms with Crippen LogP contribution >= 0.6 is 0 Å². The number of rotatable bonds is 9. The molecule has 0 bridgehead atoms. The Hall–Kier alpha value is -8.92. The van der Waals surface area contributed by atoms with Crippen LogP contribution in [0, 0.1) is 0 Å². The summed E-state index contributed by atoms with van der Waals surface area (Å²) in [6, 6.07) is 99.9. The first-order chi connectivity index (χ1) is 33.8. The molecule has 1 aliphatic carbocycles. The van der Waals surface area contributed by atoms with E-state index in [4.69, 9.17) is 0 Å². The monoisotopic (exact) mass is 867 g/mol. The Morgan fingerprint density at radius 1 is 0.309 bits per heavy atom. The number of anilines is 6. The molecule has 1 aliphatic rings. The summed E-state index contributed by atoms with van der Waals surface area (Å²) in [5.74, 6) is 0. The van der Waals surface area contributed by atoms with Gasteiger partial charge in [-0.25, -0.2) is 0 Å². The summed E-state index contributed by atoms with van der Waals surface area (Å²) < 4.78 is 2.47. The highest BCUT2D eigenvalue weighted by molar-refractivity contribution is 6.18. The number of benzene rings is 11. The Balaban J connectivity index is 1.12. The average Bonchev–Trinajstić information content (AvgIpc) is 3.91. The first kappa shape index (κ1) is 39.4. The van der Waals surface area contributed by atoms with Gasteiger partial charge in [0.1, 0.15) is 0 Å². The molecule has 0 amide bonds. The molecule has 0 N–H and O–H groups in total. The van der Waals surface area contributed by atoms with Crippen LogP contribution in [-0.4, -0.2) is 4.57 Å². The van der Waals surface area contributed by atoms with Crippen molar-refractivity contribution in [3.63, 3.8) is 0 Å². The van der Waals surface area contributed by atoms with Crippen LogP contribution in [0.4, 0.5) is 34.1 Å². The first-order valence-corrected chi connectivity index (χ1v) is 23.4. The minimum atomic E-state index is -0.497. The second-order valence-electron chi connectivity index (χ2n) is 17.7. The molecule has 0 aliphatic heterocycles. The van der Waals surface area contributed by atoms with Crippen molar-refractivity contribution in [1.29, 1.82) is 0 Å². The normalized spacial score (nSPS) is 12.5. The van der Waals surface area contributed by atoms with Crippen molar-refractivity contribution in [2.75, 3.05) is 9.80 Å². The van der Waals surface area contributed by atoms with E-state index in [1.165, 1.54) is 54.9 Å². The molecule has 11 aromatic carbocycles. The lowest BCUT2D eigenvalue weighted by atomic mass is 9.68. The zero-order valence-electron chi connectivity index (χ0n) is 37.3. The minimum Gasteiger partial charge on any atom is -0.310 e. The summed E-state index contributed by atoms with van der Waals surface area (Å²) in [7, 11) is 0. The molecule has 3 heteroatoms. The number of fused-ring (bicyclic) bond motifs is 7. The van der Waals surface area contributed by atoms with Gasteiger partial charge in [0.15, 0.2) is 0 Å². The Labute approximate surface area is 396 Å². The molecule has 320 valence electrons. The molecule has 0 atom stereocenters. The van der Waals surface area contributed by atoms with E-state index in [0.29, 0.717) is 0 Å². The highest BCUT2D eigenvalue weighted by Crippen LogP contribution is 2.57. The molecule has 0 fully saturated rings. The molecule has 12 aromatic rings. The maximum absolute atomic E-state index is 2.47. The topological polar surface area (TPSA) is 11.4 Å². The number of nitrogens with zero attached hydrogens (tertiary/aromatic N) is 3. The molecule has 0 radical (unpaired) electrons. The van der Waals surface area contributed by atoms with E-state index in [2.05, 4.69) is 287 Å². The fourth-order valence-electron chi connectivity index (χ4n) is 11.1. The summed E-state index contributed by atoms with van der Waals surface area (Å²) in [6.45, 7) is 0. The molecule has 0 saturated heterocycles.